The molecule has 0 radical (unpaired) electrons. The summed E-state index contributed by atoms with van der Waals surface area (Å²) in [5.74, 6) is 0.800. The first-order valence-corrected chi connectivity index (χ1v) is 8.68. The van der Waals surface area contributed by atoms with Gasteiger partial charge in [0.05, 0.1) is 12.2 Å². The first kappa shape index (κ1) is 18.4. The molecular weight excluding hydrogens is 308 g/mol. The van der Waals surface area contributed by atoms with Gasteiger partial charge in [-0.3, -0.25) is 14.5 Å². The zero-order chi connectivity index (χ0) is 17.7. The Morgan fingerprint density at radius 2 is 1.92 bits per heavy atom. The van der Waals surface area contributed by atoms with Crippen LogP contribution in [0.5, 0.6) is 0 Å². The molecule has 7 heteroatoms. The van der Waals surface area contributed by atoms with E-state index in [2.05, 4.69) is 15.4 Å². The molecule has 1 aliphatic rings. The van der Waals surface area contributed by atoms with Crippen molar-refractivity contribution in [2.75, 3.05) is 39.3 Å². The van der Waals surface area contributed by atoms with Gasteiger partial charge in [0.15, 0.2) is 5.76 Å². The number of carbonyl (C=O) groups is 2. The van der Waals surface area contributed by atoms with Gasteiger partial charge in [-0.2, -0.15) is 0 Å². The van der Waals surface area contributed by atoms with E-state index >= 15 is 0 Å². The van der Waals surface area contributed by atoms with Crippen molar-refractivity contribution < 1.29 is 14.1 Å². The number of hydrogen-bond acceptors (Lipinski definition) is 5. The molecule has 1 aromatic heterocycles. The van der Waals surface area contributed by atoms with E-state index in [1.54, 1.807) is 6.92 Å². The lowest BCUT2D eigenvalue weighted by Crippen LogP contribution is -2.51. The van der Waals surface area contributed by atoms with Crippen LogP contribution in [0, 0.1) is 6.92 Å². The van der Waals surface area contributed by atoms with E-state index in [4.69, 9.17) is 4.52 Å². The van der Waals surface area contributed by atoms with Gasteiger partial charge < -0.3 is 14.7 Å². The number of amides is 2. The molecule has 0 aromatic carbocycles. The van der Waals surface area contributed by atoms with E-state index in [1.165, 1.54) is 0 Å². The summed E-state index contributed by atoms with van der Waals surface area (Å²) in [6.07, 6.45) is 0.935. The van der Waals surface area contributed by atoms with Gasteiger partial charge >= 0.3 is 0 Å². The van der Waals surface area contributed by atoms with Gasteiger partial charge in [-0.05, 0) is 13.3 Å². The summed E-state index contributed by atoms with van der Waals surface area (Å²) in [4.78, 5) is 28.5. The third-order valence-electron chi connectivity index (χ3n) is 4.23. The first-order chi connectivity index (χ1) is 11.4. The molecule has 134 valence electrons. The van der Waals surface area contributed by atoms with E-state index in [1.807, 2.05) is 25.7 Å². The minimum atomic E-state index is -0.0208. The van der Waals surface area contributed by atoms with Gasteiger partial charge in [-0.1, -0.05) is 25.9 Å². The summed E-state index contributed by atoms with van der Waals surface area (Å²) in [5, 5.41) is 6.83. The molecule has 0 saturated carbocycles. The standard InChI is InChI=1S/C17H28N4O3/c1-5-6-18-14(22)11-20-7-9-21(10-8-20)17(23)15-13(4)19-24-16(15)12(2)3/h12H,5-11H2,1-4H3,(H,18,22). The molecular formula is C17H28N4O3. The quantitative estimate of drug-likeness (QED) is 0.849. The summed E-state index contributed by atoms with van der Waals surface area (Å²) in [5.41, 5.74) is 1.24. The third-order valence-corrected chi connectivity index (χ3v) is 4.23. The van der Waals surface area contributed by atoms with Crippen LogP contribution in [0.3, 0.4) is 0 Å². The summed E-state index contributed by atoms with van der Waals surface area (Å²) < 4.78 is 5.32. The molecule has 1 aliphatic heterocycles. The molecule has 1 aromatic rings. The number of nitrogens with zero attached hydrogens (tertiary/aromatic N) is 3. The maximum Gasteiger partial charge on any atom is 0.259 e. The Labute approximate surface area is 143 Å². The van der Waals surface area contributed by atoms with Crippen molar-refractivity contribution >= 4 is 11.8 Å². The average Bonchev–Trinajstić information content (AvgIpc) is 2.95. The average molecular weight is 336 g/mol. The molecule has 0 unspecified atom stereocenters. The number of piperazine rings is 1. The largest absolute Gasteiger partial charge is 0.360 e. The Morgan fingerprint density at radius 3 is 2.50 bits per heavy atom. The summed E-state index contributed by atoms with van der Waals surface area (Å²) >= 11 is 0. The van der Waals surface area contributed by atoms with Gasteiger partial charge in [0.25, 0.3) is 5.91 Å². The second-order valence-corrected chi connectivity index (χ2v) is 6.58. The highest BCUT2D eigenvalue weighted by molar-refractivity contribution is 5.96. The lowest BCUT2D eigenvalue weighted by molar-refractivity contribution is -0.122. The number of carbonyl (C=O) groups excluding carboxylic acids is 2. The maximum absolute atomic E-state index is 12.8. The molecule has 1 N–H and O–H groups in total. The molecule has 24 heavy (non-hydrogen) atoms. The Kier molecular flexibility index (Phi) is 6.36. The third kappa shape index (κ3) is 4.35. The Balaban J connectivity index is 1.92. The fourth-order valence-electron chi connectivity index (χ4n) is 2.83. The Morgan fingerprint density at radius 1 is 1.25 bits per heavy atom. The number of nitrogens with one attached hydrogen (secondary N) is 1. The van der Waals surface area contributed by atoms with Crippen LogP contribution in [0.4, 0.5) is 0 Å². The summed E-state index contributed by atoms with van der Waals surface area (Å²) in [6.45, 7) is 11.5. The van der Waals surface area contributed by atoms with Crippen molar-refractivity contribution in [3.63, 3.8) is 0 Å². The molecule has 1 fully saturated rings. The zero-order valence-electron chi connectivity index (χ0n) is 15.1. The number of aromatic nitrogens is 1. The molecule has 2 rings (SSSR count). The molecule has 1 saturated heterocycles. The zero-order valence-corrected chi connectivity index (χ0v) is 15.1. The number of rotatable bonds is 6. The molecule has 0 atom stereocenters. The fourth-order valence-corrected chi connectivity index (χ4v) is 2.83. The van der Waals surface area contributed by atoms with Crippen LogP contribution in [0.15, 0.2) is 4.52 Å². The normalized spacial score (nSPS) is 15.8. The van der Waals surface area contributed by atoms with Gasteiger partial charge in [0.1, 0.15) is 5.56 Å². The molecule has 2 heterocycles. The lowest BCUT2D eigenvalue weighted by Gasteiger charge is -2.34. The van der Waals surface area contributed by atoms with E-state index in [9.17, 15) is 9.59 Å². The molecule has 2 amide bonds. The number of aryl methyl sites for hydroxylation is 1. The van der Waals surface area contributed by atoms with E-state index in [0.29, 0.717) is 56.3 Å². The second kappa shape index (κ2) is 8.28. The van der Waals surface area contributed by atoms with E-state index in [-0.39, 0.29) is 17.7 Å². The van der Waals surface area contributed by atoms with Crippen molar-refractivity contribution in [1.29, 1.82) is 0 Å². The van der Waals surface area contributed by atoms with Crippen LogP contribution in [0.25, 0.3) is 0 Å². The predicted molar refractivity (Wildman–Crippen MR) is 91.0 cm³/mol. The first-order valence-electron chi connectivity index (χ1n) is 8.68. The maximum atomic E-state index is 12.8. The Hall–Kier alpha value is -1.89. The highest BCUT2D eigenvalue weighted by Crippen LogP contribution is 2.24. The second-order valence-electron chi connectivity index (χ2n) is 6.58. The van der Waals surface area contributed by atoms with Gasteiger partial charge in [-0.25, -0.2) is 0 Å². The molecule has 0 spiro atoms. The molecule has 0 aliphatic carbocycles. The SMILES string of the molecule is CCCNC(=O)CN1CCN(C(=O)c2c(C)noc2C(C)C)CC1. The smallest absolute Gasteiger partial charge is 0.259 e. The van der Waals surface area contributed by atoms with Crippen molar-refractivity contribution in [3.05, 3.63) is 17.0 Å². The van der Waals surface area contributed by atoms with Crippen LogP contribution in [0.2, 0.25) is 0 Å². The topological polar surface area (TPSA) is 78.7 Å². The van der Waals surface area contributed by atoms with Gasteiger partial charge in [0, 0.05) is 38.6 Å². The highest BCUT2D eigenvalue weighted by atomic mass is 16.5. The number of hydrogen-bond donors (Lipinski definition) is 1. The Bertz CT molecular complexity index is 574. The van der Waals surface area contributed by atoms with Crippen LogP contribution in [-0.4, -0.2) is 66.0 Å². The van der Waals surface area contributed by atoms with Gasteiger partial charge in [0.2, 0.25) is 5.91 Å². The lowest BCUT2D eigenvalue weighted by atomic mass is 10.0. The van der Waals surface area contributed by atoms with E-state index < -0.39 is 0 Å². The van der Waals surface area contributed by atoms with E-state index in [0.717, 1.165) is 6.42 Å². The van der Waals surface area contributed by atoms with Crippen molar-refractivity contribution in [1.82, 2.24) is 20.3 Å². The van der Waals surface area contributed by atoms with Crippen LogP contribution >= 0.6 is 0 Å². The molecule has 0 bridgehead atoms. The monoisotopic (exact) mass is 336 g/mol. The molecule has 7 nitrogen and oxygen atoms in total. The summed E-state index contributed by atoms with van der Waals surface area (Å²) in [6, 6.07) is 0. The van der Waals surface area contributed by atoms with Crippen LogP contribution in [0.1, 0.15) is 54.9 Å². The minimum absolute atomic E-state index is 0.0208. The fraction of sp³-hybridized carbons (Fsp3) is 0.706. The van der Waals surface area contributed by atoms with Crippen LogP contribution < -0.4 is 5.32 Å². The van der Waals surface area contributed by atoms with Crippen molar-refractivity contribution in [3.8, 4) is 0 Å². The predicted octanol–water partition coefficient (Wildman–Crippen LogP) is 1.39. The van der Waals surface area contributed by atoms with Crippen molar-refractivity contribution in [2.45, 2.75) is 40.0 Å². The summed E-state index contributed by atoms with van der Waals surface area (Å²) in [7, 11) is 0. The van der Waals surface area contributed by atoms with Crippen LogP contribution in [-0.2, 0) is 4.79 Å². The van der Waals surface area contributed by atoms with Crippen molar-refractivity contribution in [2.24, 2.45) is 0 Å². The minimum Gasteiger partial charge on any atom is -0.360 e. The van der Waals surface area contributed by atoms with Gasteiger partial charge in [-0.15, -0.1) is 0 Å². The highest BCUT2D eigenvalue weighted by Gasteiger charge is 2.29.